The summed E-state index contributed by atoms with van der Waals surface area (Å²) in [5, 5.41) is 12.3. The summed E-state index contributed by atoms with van der Waals surface area (Å²) in [6.07, 6.45) is 1.19. The summed E-state index contributed by atoms with van der Waals surface area (Å²) in [7, 11) is 1.32. The number of hydrogen-bond acceptors (Lipinski definition) is 7. The van der Waals surface area contributed by atoms with Crippen LogP contribution in [0.2, 0.25) is 0 Å². The third kappa shape index (κ3) is 5.15. The van der Waals surface area contributed by atoms with E-state index in [-0.39, 0.29) is 17.0 Å². The first-order chi connectivity index (χ1) is 13.6. The number of ether oxygens (including phenoxy) is 2. The van der Waals surface area contributed by atoms with E-state index in [0.717, 1.165) is 12.3 Å². The molecule has 3 unspecified atom stereocenters. The number of carbonyl (C=O) groups excluding carboxylic acids is 2. The molecule has 0 aromatic carbocycles. The van der Waals surface area contributed by atoms with Gasteiger partial charge in [0.15, 0.2) is 17.2 Å². The molecule has 0 aliphatic heterocycles. The number of amides is 1. The third-order valence-corrected chi connectivity index (χ3v) is 4.35. The third-order valence-electron chi connectivity index (χ3n) is 4.35. The zero-order valence-electron chi connectivity index (χ0n) is 16.3. The zero-order valence-corrected chi connectivity index (χ0v) is 16.3. The van der Waals surface area contributed by atoms with Crippen molar-refractivity contribution in [2.24, 2.45) is 0 Å². The maximum atomic E-state index is 13.8. The second-order valence-corrected chi connectivity index (χ2v) is 6.37. The molecule has 8 nitrogen and oxygen atoms in total. The van der Waals surface area contributed by atoms with Crippen molar-refractivity contribution >= 4 is 11.9 Å². The minimum absolute atomic E-state index is 0.0347. The van der Waals surface area contributed by atoms with Crippen LogP contribution in [0.1, 0.15) is 42.7 Å². The first-order valence-corrected chi connectivity index (χ1v) is 8.70. The van der Waals surface area contributed by atoms with Gasteiger partial charge < -0.3 is 19.9 Å². The molecular weight excluding hydrogens is 388 g/mol. The molecule has 0 aliphatic carbocycles. The maximum absolute atomic E-state index is 13.8. The summed E-state index contributed by atoms with van der Waals surface area (Å²) in [5.74, 6) is -4.29. The molecule has 156 valence electrons. The molecule has 2 aromatic rings. The predicted octanol–water partition coefficient (Wildman–Crippen LogP) is 2.32. The van der Waals surface area contributed by atoms with E-state index in [4.69, 9.17) is 9.47 Å². The molecule has 0 bridgehead atoms. The van der Waals surface area contributed by atoms with Crippen molar-refractivity contribution in [3.63, 3.8) is 0 Å². The lowest BCUT2D eigenvalue weighted by Crippen LogP contribution is -2.41. The predicted molar refractivity (Wildman–Crippen MR) is 97.5 cm³/mol. The molecule has 0 radical (unpaired) electrons. The minimum atomic E-state index is -1.10. The fraction of sp³-hybridized carbons (Fsp3) is 0.368. The van der Waals surface area contributed by atoms with E-state index < -0.39 is 47.5 Å². The van der Waals surface area contributed by atoms with Crippen LogP contribution >= 0.6 is 0 Å². The number of methoxy groups -OCH3 is 1. The zero-order chi connectivity index (χ0) is 21.7. The van der Waals surface area contributed by atoms with Crippen LogP contribution in [0.4, 0.5) is 8.78 Å². The van der Waals surface area contributed by atoms with Crippen molar-refractivity contribution in [1.29, 1.82) is 0 Å². The van der Waals surface area contributed by atoms with E-state index in [1.165, 1.54) is 33.2 Å². The number of hydrogen-bond donors (Lipinski definition) is 2. The smallest absolute Gasteiger partial charge is 0.328 e. The molecule has 0 saturated carbocycles. The highest BCUT2D eigenvalue weighted by Crippen LogP contribution is 2.27. The van der Waals surface area contributed by atoms with Gasteiger partial charge in [0.1, 0.15) is 18.0 Å². The van der Waals surface area contributed by atoms with Crippen LogP contribution in [0, 0.1) is 11.8 Å². The van der Waals surface area contributed by atoms with Crippen molar-refractivity contribution in [2.45, 2.75) is 38.8 Å². The van der Waals surface area contributed by atoms with Gasteiger partial charge in [-0.15, -0.1) is 0 Å². The maximum Gasteiger partial charge on any atom is 0.328 e. The summed E-state index contributed by atoms with van der Waals surface area (Å²) in [6, 6.07) is 1.26. The Balaban J connectivity index is 2.03. The average molecular weight is 409 g/mol. The summed E-state index contributed by atoms with van der Waals surface area (Å²) in [5.41, 5.74) is -0.356. The van der Waals surface area contributed by atoms with Crippen LogP contribution in [-0.2, 0) is 9.53 Å². The van der Waals surface area contributed by atoms with Gasteiger partial charge in [0.05, 0.1) is 13.3 Å². The van der Waals surface area contributed by atoms with Crippen molar-refractivity contribution in [2.75, 3.05) is 7.11 Å². The van der Waals surface area contributed by atoms with Crippen molar-refractivity contribution in [1.82, 2.24) is 15.3 Å². The van der Waals surface area contributed by atoms with Gasteiger partial charge in [0, 0.05) is 23.7 Å². The lowest BCUT2D eigenvalue weighted by atomic mass is 9.97. The van der Waals surface area contributed by atoms with E-state index >= 15 is 0 Å². The average Bonchev–Trinajstić information content (AvgIpc) is 2.69. The Labute approximate surface area is 165 Å². The Hall–Kier alpha value is -3.30. The van der Waals surface area contributed by atoms with Crippen LogP contribution in [0.15, 0.2) is 24.5 Å². The van der Waals surface area contributed by atoms with E-state index in [0.29, 0.717) is 0 Å². The number of halogens is 2. The van der Waals surface area contributed by atoms with Gasteiger partial charge in [-0.25, -0.2) is 19.2 Å². The van der Waals surface area contributed by atoms with E-state index in [1.807, 2.05) is 0 Å². The second-order valence-electron chi connectivity index (χ2n) is 6.37. The fourth-order valence-electron chi connectivity index (χ4n) is 2.49. The Morgan fingerprint density at radius 3 is 2.55 bits per heavy atom. The van der Waals surface area contributed by atoms with Gasteiger partial charge in [-0.1, -0.05) is 6.92 Å². The molecule has 2 aromatic heterocycles. The summed E-state index contributed by atoms with van der Waals surface area (Å²) in [6.45, 7) is 4.44. The molecule has 2 rings (SSSR count). The molecule has 29 heavy (non-hydrogen) atoms. The Morgan fingerprint density at radius 1 is 1.21 bits per heavy atom. The number of esters is 1. The van der Waals surface area contributed by atoms with Gasteiger partial charge in [0.2, 0.25) is 5.95 Å². The molecule has 10 heteroatoms. The Kier molecular flexibility index (Phi) is 7.03. The highest BCUT2D eigenvalue weighted by Gasteiger charge is 2.27. The largest absolute Gasteiger partial charge is 0.503 e. The van der Waals surface area contributed by atoms with E-state index in [9.17, 15) is 23.5 Å². The van der Waals surface area contributed by atoms with Crippen molar-refractivity contribution in [3.05, 3.63) is 47.5 Å². The first kappa shape index (κ1) is 22.0. The highest BCUT2D eigenvalue weighted by atomic mass is 19.1. The van der Waals surface area contributed by atoms with Crippen LogP contribution in [0.25, 0.3) is 0 Å². The van der Waals surface area contributed by atoms with Crippen molar-refractivity contribution < 1.29 is 33.0 Å². The van der Waals surface area contributed by atoms with Crippen LogP contribution in [-0.4, -0.2) is 46.2 Å². The normalized spacial score (nSPS) is 13.9. The lowest BCUT2D eigenvalue weighted by Gasteiger charge is -2.23. The standard InChI is InChI=1S/C19H21F2N3O5/c1-9(13-7-12(20)8-23-17(13)21)11(3)29-19(27)10(2)24-18(26)15-16(25)14(28-4)5-6-22-15/h5-11,25H,1-4H3,(H,24,26). The lowest BCUT2D eigenvalue weighted by molar-refractivity contribution is -0.151. The number of nitrogens with zero attached hydrogens (tertiary/aromatic N) is 2. The summed E-state index contributed by atoms with van der Waals surface area (Å²) < 4.78 is 37.3. The number of aromatic hydroxyl groups is 1. The molecule has 0 fully saturated rings. The summed E-state index contributed by atoms with van der Waals surface area (Å²) in [4.78, 5) is 31.6. The molecule has 2 heterocycles. The second kappa shape index (κ2) is 9.26. The summed E-state index contributed by atoms with van der Waals surface area (Å²) >= 11 is 0. The number of aromatic nitrogens is 2. The van der Waals surface area contributed by atoms with Crippen LogP contribution < -0.4 is 10.1 Å². The number of pyridine rings is 2. The van der Waals surface area contributed by atoms with Gasteiger partial charge >= 0.3 is 5.97 Å². The van der Waals surface area contributed by atoms with Gasteiger partial charge in [-0.3, -0.25) is 4.79 Å². The molecule has 3 atom stereocenters. The molecule has 0 saturated heterocycles. The molecule has 0 aliphatic rings. The van der Waals surface area contributed by atoms with Crippen LogP contribution in [0.5, 0.6) is 11.5 Å². The van der Waals surface area contributed by atoms with Gasteiger partial charge in [-0.05, 0) is 19.9 Å². The Morgan fingerprint density at radius 2 is 1.90 bits per heavy atom. The van der Waals surface area contributed by atoms with Crippen molar-refractivity contribution in [3.8, 4) is 11.5 Å². The SMILES string of the molecule is COc1ccnc(C(=O)NC(C)C(=O)OC(C)C(C)c2cc(F)cnc2F)c1O. The fourth-order valence-corrected chi connectivity index (χ4v) is 2.49. The molecule has 2 N–H and O–H groups in total. The molecular formula is C19H21F2N3O5. The first-order valence-electron chi connectivity index (χ1n) is 8.70. The molecule has 0 spiro atoms. The monoisotopic (exact) mass is 409 g/mol. The highest BCUT2D eigenvalue weighted by molar-refractivity contribution is 5.97. The minimum Gasteiger partial charge on any atom is -0.503 e. The van der Waals surface area contributed by atoms with E-state index in [1.54, 1.807) is 6.92 Å². The quantitative estimate of drug-likeness (QED) is 0.533. The van der Waals surface area contributed by atoms with Crippen LogP contribution in [0.3, 0.4) is 0 Å². The van der Waals surface area contributed by atoms with E-state index in [2.05, 4.69) is 15.3 Å². The molecule has 1 amide bonds. The topological polar surface area (TPSA) is 111 Å². The number of carbonyl (C=O) groups is 2. The van der Waals surface area contributed by atoms with Gasteiger partial charge in [0.25, 0.3) is 5.91 Å². The number of rotatable bonds is 7. The number of nitrogens with one attached hydrogen (secondary N) is 1. The Bertz CT molecular complexity index is 909. The van der Waals surface area contributed by atoms with Gasteiger partial charge in [-0.2, -0.15) is 4.39 Å².